The monoisotopic (exact) mass is 522 g/mol. The lowest BCUT2D eigenvalue weighted by Crippen LogP contribution is -2.43. The fourth-order valence-electron chi connectivity index (χ4n) is 4.50. The van der Waals surface area contributed by atoms with Crippen LogP contribution >= 0.6 is 23.4 Å². The molecule has 0 atom stereocenters. The van der Waals surface area contributed by atoms with Crippen molar-refractivity contribution < 1.29 is 19.1 Å². The van der Waals surface area contributed by atoms with Gasteiger partial charge in [-0.15, -0.1) is 11.8 Å². The highest BCUT2D eigenvalue weighted by atomic mass is 35.5. The van der Waals surface area contributed by atoms with Crippen LogP contribution in [0.3, 0.4) is 0 Å². The highest BCUT2D eigenvalue weighted by Crippen LogP contribution is 2.40. The average molecular weight is 523 g/mol. The number of hydrogen-bond acceptors (Lipinski definition) is 7. The van der Waals surface area contributed by atoms with Crippen molar-refractivity contribution in [2.24, 2.45) is 0 Å². The van der Waals surface area contributed by atoms with Crippen LogP contribution < -0.4 is 10.6 Å². The Balaban J connectivity index is 1.34. The maximum Gasteiger partial charge on any atom is 0.309 e. The molecule has 2 heterocycles. The normalized spacial score (nSPS) is 16.9. The van der Waals surface area contributed by atoms with Gasteiger partial charge in [0.05, 0.1) is 30.1 Å². The van der Waals surface area contributed by atoms with Crippen molar-refractivity contribution in [3.05, 3.63) is 94.0 Å². The van der Waals surface area contributed by atoms with E-state index in [0.717, 1.165) is 22.6 Å². The Morgan fingerprint density at radius 3 is 2.33 bits per heavy atom. The lowest BCUT2D eigenvalue weighted by molar-refractivity contribution is -0.225. The Kier molecular flexibility index (Phi) is 7.51. The molecule has 2 aliphatic rings. The number of halogens is 1. The van der Waals surface area contributed by atoms with E-state index in [1.165, 1.54) is 10.5 Å². The second-order valence-electron chi connectivity index (χ2n) is 8.85. The van der Waals surface area contributed by atoms with E-state index in [1.807, 2.05) is 6.07 Å². The Bertz CT molecular complexity index is 1230. The summed E-state index contributed by atoms with van der Waals surface area (Å²) in [6.45, 7) is 1.40. The molecule has 1 fully saturated rings. The van der Waals surface area contributed by atoms with E-state index in [2.05, 4.69) is 59.2 Å². The highest BCUT2D eigenvalue weighted by Gasteiger charge is 2.45. The molecule has 2 N–H and O–H groups in total. The van der Waals surface area contributed by atoms with Crippen LogP contribution in [0.1, 0.15) is 35.1 Å². The zero-order valence-corrected chi connectivity index (χ0v) is 21.3. The van der Waals surface area contributed by atoms with Crippen molar-refractivity contribution in [3.8, 4) is 0 Å². The van der Waals surface area contributed by atoms with Gasteiger partial charge in [0.15, 0.2) is 0 Å². The molecule has 186 valence electrons. The lowest BCUT2D eigenvalue weighted by atomic mass is 9.96. The van der Waals surface area contributed by atoms with Crippen LogP contribution in [0.4, 0.5) is 5.69 Å². The van der Waals surface area contributed by atoms with Crippen LogP contribution in [0, 0.1) is 0 Å². The summed E-state index contributed by atoms with van der Waals surface area (Å²) in [5.41, 5.74) is 4.70. The van der Waals surface area contributed by atoms with E-state index < -0.39 is 17.7 Å². The number of benzene rings is 3. The predicted octanol–water partition coefficient (Wildman–Crippen LogP) is 5.42. The quantitative estimate of drug-likeness (QED) is 0.330. The maximum absolute atomic E-state index is 12.3. The largest absolute Gasteiger partial charge is 0.416 e. The molecule has 6 nitrogen and oxygen atoms in total. The smallest absolute Gasteiger partial charge is 0.309 e. The van der Waals surface area contributed by atoms with Gasteiger partial charge in [-0.1, -0.05) is 54.1 Å². The van der Waals surface area contributed by atoms with Gasteiger partial charge in [0.25, 0.3) is 5.79 Å². The van der Waals surface area contributed by atoms with E-state index in [1.54, 1.807) is 23.9 Å². The Hall–Kier alpha value is -3.00. The minimum absolute atomic E-state index is 0.00818. The lowest BCUT2D eigenvalue weighted by Gasteiger charge is -2.32. The molecule has 5 rings (SSSR count). The van der Waals surface area contributed by atoms with Crippen molar-refractivity contribution in [1.82, 2.24) is 5.32 Å². The molecule has 8 heteroatoms. The first kappa shape index (κ1) is 24.7. The maximum atomic E-state index is 12.3. The van der Waals surface area contributed by atoms with Gasteiger partial charge in [0.2, 0.25) is 0 Å². The third kappa shape index (κ3) is 5.53. The summed E-state index contributed by atoms with van der Waals surface area (Å²) in [4.78, 5) is 25.8. The number of rotatable bonds is 6. The first-order chi connectivity index (χ1) is 17.5. The Morgan fingerprint density at radius 2 is 1.61 bits per heavy atom. The van der Waals surface area contributed by atoms with Gasteiger partial charge in [-0.2, -0.15) is 0 Å². The summed E-state index contributed by atoms with van der Waals surface area (Å²) >= 11 is 8.42. The molecule has 1 spiro atoms. The van der Waals surface area contributed by atoms with Crippen LogP contribution in [0.15, 0.2) is 71.6 Å². The van der Waals surface area contributed by atoms with Crippen LogP contribution in [-0.2, 0) is 43.6 Å². The molecule has 0 saturated carbocycles. The number of thioether (sulfide) groups is 1. The van der Waals surface area contributed by atoms with Crippen LogP contribution in [0.2, 0.25) is 5.02 Å². The van der Waals surface area contributed by atoms with Gasteiger partial charge in [0.1, 0.15) is 0 Å². The van der Waals surface area contributed by atoms with Crippen LogP contribution in [-0.4, -0.2) is 25.0 Å². The van der Waals surface area contributed by atoms with Gasteiger partial charge in [0, 0.05) is 22.8 Å². The summed E-state index contributed by atoms with van der Waals surface area (Å²) in [5, 5.41) is 7.28. The van der Waals surface area contributed by atoms with Crippen molar-refractivity contribution in [2.45, 2.75) is 42.2 Å². The van der Waals surface area contributed by atoms with Crippen molar-refractivity contribution in [2.75, 3.05) is 18.4 Å². The van der Waals surface area contributed by atoms with Gasteiger partial charge in [-0.25, -0.2) is 0 Å². The minimum atomic E-state index is -1.49. The molecular formula is C28H27ClN2O4S. The van der Waals surface area contributed by atoms with Crippen molar-refractivity contribution in [1.29, 1.82) is 0 Å². The van der Waals surface area contributed by atoms with E-state index in [9.17, 15) is 9.59 Å². The number of nitrogens with one attached hydrogen (secondary N) is 2. The topological polar surface area (TPSA) is 76.7 Å². The second-order valence-corrected chi connectivity index (χ2v) is 10.3. The first-order valence-electron chi connectivity index (χ1n) is 12.0. The number of ether oxygens (including phenoxy) is 2. The van der Waals surface area contributed by atoms with Gasteiger partial charge in [-0.05, 0) is 53.9 Å². The molecule has 0 bridgehead atoms. The standard InChI is InChI=1S/C28H27ClN2O4S/c29-24-11-10-23-22(14-15-30-18-28(23)34-25(32)12-13-26(33)35-28)27(24)31-16-19-6-8-21(9-7-19)36-17-20-4-2-1-3-5-20/h1-11,30-31H,12-18H2. The van der Waals surface area contributed by atoms with E-state index in [4.69, 9.17) is 21.1 Å². The zero-order valence-electron chi connectivity index (χ0n) is 19.7. The fourth-order valence-corrected chi connectivity index (χ4v) is 5.60. The van der Waals surface area contributed by atoms with Gasteiger partial charge < -0.3 is 20.1 Å². The molecule has 36 heavy (non-hydrogen) atoms. The minimum Gasteiger partial charge on any atom is -0.416 e. The molecule has 0 radical (unpaired) electrons. The molecule has 3 aromatic rings. The third-order valence-electron chi connectivity index (χ3n) is 6.31. The van der Waals surface area contributed by atoms with Crippen LogP contribution in [0.5, 0.6) is 0 Å². The second kappa shape index (κ2) is 10.9. The number of carbonyl (C=O) groups excluding carboxylic acids is 2. The molecule has 0 unspecified atom stereocenters. The number of carbonyl (C=O) groups is 2. The summed E-state index contributed by atoms with van der Waals surface area (Å²) in [5.74, 6) is -1.47. The average Bonchev–Trinajstić information content (AvgIpc) is 3.15. The Labute approximate surface area is 219 Å². The predicted molar refractivity (Wildman–Crippen MR) is 141 cm³/mol. The Morgan fingerprint density at radius 1 is 0.889 bits per heavy atom. The molecule has 2 aliphatic heterocycles. The number of esters is 2. The summed E-state index contributed by atoms with van der Waals surface area (Å²) in [6.07, 6.45) is 0.659. The van der Waals surface area contributed by atoms with Gasteiger partial charge >= 0.3 is 11.9 Å². The highest BCUT2D eigenvalue weighted by molar-refractivity contribution is 7.98. The van der Waals surface area contributed by atoms with E-state index in [0.29, 0.717) is 30.1 Å². The molecule has 3 aromatic carbocycles. The molecular weight excluding hydrogens is 496 g/mol. The third-order valence-corrected chi connectivity index (χ3v) is 7.71. The van der Waals surface area contributed by atoms with Crippen molar-refractivity contribution in [3.63, 3.8) is 0 Å². The first-order valence-corrected chi connectivity index (χ1v) is 13.3. The SMILES string of the molecule is O=C1CCC(=O)OC2(CNCCc3c2ccc(Cl)c3NCc2ccc(SCc3ccccc3)cc2)O1. The summed E-state index contributed by atoms with van der Waals surface area (Å²) in [7, 11) is 0. The zero-order chi connectivity index (χ0) is 25.0. The van der Waals surface area contributed by atoms with E-state index >= 15 is 0 Å². The number of fused-ring (bicyclic) bond motifs is 2. The molecule has 0 aliphatic carbocycles. The summed E-state index contributed by atoms with van der Waals surface area (Å²) in [6, 6.07) is 22.4. The molecule has 0 aromatic heterocycles. The number of hydrogen-bond donors (Lipinski definition) is 2. The van der Waals surface area contributed by atoms with Gasteiger partial charge in [-0.3, -0.25) is 9.59 Å². The fraction of sp³-hybridized carbons (Fsp3) is 0.286. The summed E-state index contributed by atoms with van der Waals surface area (Å²) < 4.78 is 11.4. The van der Waals surface area contributed by atoms with Crippen LogP contribution in [0.25, 0.3) is 0 Å². The molecule has 1 saturated heterocycles. The number of anilines is 1. The molecule has 0 amide bonds. The van der Waals surface area contributed by atoms with Crippen molar-refractivity contribution >= 4 is 41.0 Å². The van der Waals surface area contributed by atoms with E-state index in [-0.39, 0.29) is 19.4 Å².